The fourth-order valence-corrected chi connectivity index (χ4v) is 2.84. The predicted molar refractivity (Wildman–Crippen MR) is 102 cm³/mol. The first-order valence-corrected chi connectivity index (χ1v) is 8.92. The topological polar surface area (TPSA) is 52.7 Å². The van der Waals surface area contributed by atoms with Gasteiger partial charge in [0.05, 0.1) is 0 Å². The van der Waals surface area contributed by atoms with Crippen LogP contribution in [0.5, 0.6) is 0 Å². The number of likely N-dealkylation sites (N-methyl/N-ethyl adjacent to an activating group) is 1. The molecule has 0 radical (unpaired) electrons. The van der Waals surface area contributed by atoms with Gasteiger partial charge in [-0.3, -0.25) is 9.59 Å². The van der Waals surface area contributed by atoms with Gasteiger partial charge in [0.1, 0.15) is 5.41 Å². The standard InChI is InChI=1S/C20H31N3O2/c1-19(2,3)15-7-9-16(10-8-15)21-17(24)20(4,5)18(25)23-13-11-22(6)12-14-23/h7-10H,11-14H2,1-6H3,(H,21,24). The van der Waals surface area contributed by atoms with Crippen LogP contribution in [0.25, 0.3) is 0 Å². The van der Waals surface area contributed by atoms with Crippen LogP contribution in [0.1, 0.15) is 40.2 Å². The van der Waals surface area contributed by atoms with Crippen molar-refractivity contribution in [2.24, 2.45) is 5.41 Å². The van der Waals surface area contributed by atoms with Crippen molar-refractivity contribution in [2.75, 3.05) is 38.5 Å². The molecule has 1 fully saturated rings. The van der Waals surface area contributed by atoms with Gasteiger partial charge in [-0.05, 0) is 44.0 Å². The number of rotatable bonds is 3. The van der Waals surface area contributed by atoms with Crippen molar-refractivity contribution >= 4 is 17.5 Å². The van der Waals surface area contributed by atoms with Gasteiger partial charge < -0.3 is 15.1 Å². The van der Waals surface area contributed by atoms with Crippen LogP contribution in [0.15, 0.2) is 24.3 Å². The number of anilines is 1. The highest BCUT2D eigenvalue weighted by atomic mass is 16.2. The summed E-state index contributed by atoms with van der Waals surface area (Å²) in [6.45, 7) is 12.9. The molecule has 1 aromatic carbocycles. The minimum absolute atomic E-state index is 0.0686. The van der Waals surface area contributed by atoms with Gasteiger partial charge >= 0.3 is 0 Å². The van der Waals surface area contributed by atoms with E-state index in [1.54, 1.807) is 18.7 Å². The molecule has 1 saturated heterocycles. The van der Waals surface area contributed by atoms with E-state index in [1.807, 2.05) is 31.3 Å². The molecule has 25 heavy (non-hydrogen) atoms. The van der Waals surface area contributed by atoms with Crippen molar-refractivity contribution < 1.29 is 9.59 Å². The minimum Gasteiger partial charge on any atom is -0.339 e. The number of nitrogens with one attached hydrogen (secondary N) is 1. The summed E-state index contributed by atoms with van der Waals surface area (Å²) in [5, 5.41) is 2.89. The summed E-state index contributed by atoms with van der Waals surface area (Å²) in [5.41, 5.74) is 0.910. The average molecular weight is 345 g/mol. The van der Waals surface area contributed by atoms with Gasteiger partial charge in [-0.2, -0.15) is 0 Å². The molecule has 0 saturated carbocycles. The fourth-order valence-electron chi connectivity index (χ4n) is 2.84. The summed E-state index contributed by atoms with van der Waals surface area (Å²) in [5.74, 6) is -0.371. The number of carbonyl (C=O) groups excluding carboxylic acids is 2. The van der Waals surface area contributed by atoms with Gasteiger partial charge in [-0.15, -0.1) is 0 Å². The average Bonchev–Trinajstić information content (AvgIpc) is 2.54. The van der Waals surface area contributed by atoms with E-state index in [0.29, 0.717) is 13.1 Å². The second kappa shape index (κ2) is 7.16. The third-order valence-electron chi connectivity index (χ3n) is 4.90. The number of hydrogen-bond donors (Lipinski definition) is 1. The SMILES string of the molecule is CN1CCN(C(=O)C(C)(C)C(=O)Nc2ccc(C(C)(C)C)cc2)CC1. The maximum Gasteiger partial charge on any atom is 0.239 e. The van der Waals surface area contributed by atoms with Gasteiger partial charge in [0.2, 0.25) is 11.8 Å². The maximum absolute atomic E-state index is 12.8. The fraction of sp³-hybridized carbons (Fsp3) is 0.600. The Morgan fingerprint density at radius 1 is 0.920 bits per heavy atom. The Hall–Kier alpha value is -1.88. The molecule has 0 aromatic heterocycles. The number of carbonyl (C=O) groups is 2. The van der Waals surface area contributed by atoms with Crippen molar-refractivity contribution in [3.8, 4) is 0 Å². The molecule has 1 heterocycles. The molecular formula is C20H31N3O2. The number of hydrogen-bond acceptors (Lipinski definition) is 3. The Kier molecular flexibility index (Phi) is 5.57. The van der Waals surface area contributed by atoms with Crippen molar-refractivity contribution in [1.82, 2.24) is 9.80 Å². The molecule has 0 bridgehead atoms. The summed E-state index contributed by atoms with van der Waals surface area (Å²) in [4.78, 5) is 29.5. The highest BCUT2D eigenvalue weighted by Gasteiger charge is 2.39. The van der Waals surface area contributed by atoms with E-state index in [4.69, 9.17) is 0 Å². The number of amides is 2. The molecule has 0 aliphatic carbocycles. The van der Waals surface area contributed by atoms with E-state index in [2.05, 4.69) is 31.0 Å². The lowest BCUT2D eigenvalue weighted by Gasteiger charge is -2.36. The lowest BCUT2D eigenvalue weighted by molar-refractivity contribution is -0.147. The van der Waals surface area contributed by atoms with Crippen LogP contribution in [-0.2, 0) is 15.0 Å². The quantitative estimate of drug-likeness (QED) is 0.857. The van der Waals surface area contributed by atoms with Crippen LogP contribution in [0.2, 0.25) is 0 Å². The zero-order valence-corrected chi connectivity index (χ0v) is 16.3. The van der Waals surface area contributed by atoms with Crippen LogP contribution in [0.3, 0.4) is 0 Å². The molecule has 1 N–H and O–H groups in total. The number of benzene rings is 1. The lowest BCUT2D eigenvalue weighted by Crippen LogP contribution is -2.53. The molecule has 1 aliphatic heterocycles. The van der Waals surface area contributed by atoms with E-state index in [9.17, 15) is 9.59 Å². The first-order chi connectivity index (χ1) is 11.5. The van der Waals surface area contributed by atoms with Crippen molar-refractivity contribution in [1.29, 1.82) is 0 Å². The number of piperazine rings is 1. The van der Waals surface area contributed by atoms with Crippen LogP contribution in [-0.4, -0.2) is 54.8 Å². The summed E-state index contributed by atoms with van der Waals surface area (Å²) in [7, 11) is 2.04. The molecule has 0 unspecified atom stereocenters. The van der Waals surface area contributed by atoms with Gasteiger partial charge in [0, 0.05) is 31.9 Å². The first kappa shape index (κ1) is 19.4. The van der Waals surface area contributed by atoms with Crippen LogP contribution in [0, 0.1) is 5.41 Å². The zero-order chi connectivity index (χ0) is 18.8. The number of nitrogens with zero attached hydrogens (tertiary/aromatic N) is 2. The van der Waals surface area contributed by atoms with Gasteiger partial charge in [0.15, 0.2) is 0 Å². The summed E-state index contributed by atoms with van der Waals surface area (Å²) < 4.78 is 0. The highest BCUT2D eigenvalue weighted by Crippen LogP contribution is 2.26. The molecule has 2 rings (SSSR count). The molecule has 2 amide bonds. The summed E-state index contributed by atoms with van der Waals surface area (Å²) in [6, 6.07) is 7.83. The highest BCUT2D eigenvalue weighted by molar-refractivity contribution is 6.09. The smallest absolute Gasteiger partial charge is 0.239 e. The van der Waals surface area contributed by atoms with Gasteiger partial charge in [0.25, 0.3) is 0 Å². The van der Waals surface area contributed by atoms with E-state index in [-0.39, 0.29) is 17.2 Å². The summed E-state index contributed by atoms with van der Waals surface area (Å²) in [6.07, 6.45) is 0. The molecule has 1 aromatic rings. The van der Waals surface area contributed by atoms with Crippen molar-refractivity contribution in [3.05, 3.63) is 29.8 Å². The molecular weight excluding hydrogens is 314 g/mol. The Balaban J connectivity index is 2.04. The molecule has 1 aliphatic rings. The Bertz CT molecular complexity index is 621. The maximum atomic E-state index is 12.8. The molecule has 5 nitrogen and oxygen atoms in total. The van der Waals surface area contributed by atoms with Gasteiger partial charge in [-0.1, -0.05) is 32.9 Å². The monoisotopic (exact) mass is 345 g/mol. The Labute approximate surface area is 151 Å². The van der Waals surface area contributed by atoms with Crippen molar-refractivity contribution in [2.45, 2.75) is 40.0 Å². The normalized spacial score (nSPS) is 16.6. The predicted octanol–water partition coefficient (Wildman–Crippen LogP) is 2.72. The summed E-state index contributed by atoms with van der Waals surface area (Å²) >= 11 is 0. The second-order valence-electron chi connectivity index (χ2n) is 8.50. The Morgan fingerprint density at radius 3 is 1.92 bits per heavy atom. The minimum atomic E-state index is -1.08. The van der Waals surface area contributed by atoms with E-state index in [1.165, 1.54) is 5.56 Å². The van der Waals surface area contributed by atoms with Crippen LogP contribution < -0.4 is 5.32 Å². The first-order valence-electron chi connectivity index (χ1n) is 8.92. The molecule has 138 valence electrons. The molecule has 0 atom stereocenters. The zero-order valence-electron chi connectivity index (χ0n) is 16.3. The molecule has 5 heteroatoms. The largest absolute Gasteiger partial charge is 0.339 e. The van der Waals surface area contributed by atoms with E-state index in [0.717, 1.165) is 18.8 Å². The lowest BCUT2D eigenvalue weighted by atomic mass is 9.87. The third kappa shape index (κ3) is 4.60. The Morgan fingerprint density at radius 2 is 1.44 bits per heavy atom. The van der Waals surface area contributed by atoms with E-state index >= 15 is 0 Å². The van der Waals surface area contributed by atoms with Crippen LogP contribution >= 0.6 is 0 Å². The van der Waals surface area contributed by atoms with E-state index < -0.39 is 5.41 Å². The second-order valence-corrected chi connectivity index (χ2v) is 8.50. The molecule has 0 spiro atoms. The van der Waals surface area contributed by atoms with Gasteiger partial charge in [-0.25, -0.2) is 0 Å². The van der Waals surface area contributed by atoms with Crippen molar-refractivity contribution in [3.63, 3.8) is 0 Å². The van der Waals surface area contributed by atoms with Crippen LogP contribution in [0.4, 0.5) is 5.69 Å². The third-order valence-corrected chi connectivity index (χ3v) is 4.90.